The van der Waals surface area contributed by atoms with Gasteiger partial charge in [0.1, 0.15) is 23.8 Å². The molecule has 2 aromatic rings. The molecule has 4 unspecified atom stereocenters. The molecule has 0 spiro atoms. The number of aliphatic hydroxyl groups excluding tert-OH is 2. The lowest BCUT2D eigenvalue weighted by Crippen LogP contribution is -2.50. The van der Waals surface area contributed by atoms with E-state index < -0.39 is 42.0 Å². The molecular weight excluding hydrogens is 410 g/mol. The van der Waals surface area contributed by atoms with E-state index in [1.54, 1.807) is 6.20 Å². The van der Waals surface area contributed by atoms with Crippen LogP contribution in [-0.4, -0.2) is 77.2 Å². The van der Waals surface area contributed by atoms with Crippen LogP contribution in [0.5, 0.6) is 0 Å². The van der Waals surface area contributed by atoms with Crippen molar-refractivity contribution >= 4 is 11.7 Å². The molecule has 1 saturated heterocycles. The molecule has 2 heterocycles. The highest BCUT2D eigenvalue weighted by Gasteiger charge is 2.45. The van der Waals surface area contributed by atoms with Crippen LogP contribution >= 0.6 is 0 Å². The number of hydrogen-bond donors (Lipinski definition) is 4. The smallest absolute Gasteiger partial charge is 0.319 e. The number of anilines is 1. The highest BCUT2D eigenvalue weighted by atomic mass is 19.1. The molecule has 0 bridgehead atoms. The zero-order valence-electron chi connectivity index (χ0n) is 17.0. The zero-order chi connectivity index (χ0) is 22.4. The number of hydrogen-bond acceptors (Lipinski definition) is 6. The molecule has 4 N–H and O–H groups in total. The van der Waals surface area contributed by atoms with Gasteiger partial charge < -0.3 is 25.6 Å². The summed E-state index contributed by atoms with van der Waals surface area (Å²) in [6.07, 6.45) is 0.00828. The Morgan fingerprint density at radius 2 is 2.06 bits per heavy atom. The summed E-state index contributed by atoms with van der Waals surface area (Å²) >= 11 is 0. The minimum absolute atomic E-state index is 0.0147. The van der Waals surface area contributed by atoms with Crippen LogP contribution in [0.3, 0.4) is 0 Å². The number of rotatable bonds is 8. The quantitative estimate of drug-likeness (QED) is 0.495. The van der Waals surface area contributed by atoms with Crippen molar-refractivity contribution in [2.75, 3.05) is 32.1 Å². The van der Waals surface area contributed by atoms with E-state index in [4.69, 9.17) is 4.74 Å². The summed E-state index contributed by atoms with van der Waals surface area (Å²) in [6, 6.07) is 7.28. The second kappa shape index (κ2) is 10.6. The fourth-order valence-electron chi connectivity index (χ4n) is 3.63. The normalized spacial score (nSPS) is 23.2. The first-order valence-corrected chi connectivity index (χ1v) is 9.93. The molecule has 1 aliphatic rings. The van der Waals surface area contributed by atoms with Crippen LogP contribution in [0.2, 0.25) is 0 Å². The van der Waals surface area contributed by atoms with Crippen LogP contribution in [0.15, 0.2) is 42.6 Å². The number of carbonyl (C=O) groups is 1. The predicted molar refractivity (Wildman–Crippen MR) is 109 cm³/mol. The number of likely N-dealkylation sites (N-methyl/N-ethyl adjacent to an activating group) is 1. The molecule has 1 fully saturated rings. The first-order valence-electron chi connectivity index (χ1n) is 9.93. The lowest BCUT2D eigenvalue weighted by molar-refractivity contribution is -0.0205. The van der Waals surface area contributed by atoms with E-state index in [1.165, 1.54) is 0 Å². The van der Waals surface area contributed by atoms with E-state index in [-0.39, 0.29) is 18.8 Å². The van der Waals surface area contributed by atoms with Gasteiger partial charge in [0.05, 0.1) is 24.4 Å². The minimum atomic E-state index is -0.955. The average molecular weight is 436 g/mol. The fraction of sp³-hybridized carbons (Fsp3) is 0.429. The van der Waals surface area contributed by atoms with E-state index >= 15 is 0 Å². The van der Waals surface area contributed by atoms with Crippen molar-refractivity contribution in [2.24, 2.45) is 0 Å². The lowest BCUT2D eigenvalue weighted by atomic mass is 10.0. The summed E-state index contributed by atoms with van der Waals surface area (Å²) in [4.78, 5) is 18.3. The number of urea groups is 1. The Hall–Kier alpha value is -2.66. The zero-order valence-corrected chi connectivity index (χ0v) is 17.0. The molecule has 31 heavy (non-hydrogen) atoms. The van der Waals surface area contributed by atoms with E-state index in [9.17, 15) is 23.8 Å². The molecule has 0 aliphatic carbocycles. The van der Waals surface area contributed by atoms with Gasteiger partial charge in [0, 0.05) is 37.5 Å². The highest BCUT2D eigenvalue weighted by molar-refractivity contribution is 5.89. The van der Waals surface area contributed by atoms with Crippen LogP contribution in [0.1, 0.15) is 5.69 Å². The van der Waals surface area contributed by atoms with Gasteiger partial charge in [-0.1, -0.05) is 6.07 Å². The summed E-state index contributed by atoms with van der Waals surface area (Å²) in [7, 11) is 1.82. The molecule has 1 aromatic heterocycles. The van der Waals surface area contributed by atoms with E-state index in [0.29, 0.717) is 19.0 Å². The van der Waals surface area contributed by atoms with Crippen molar-refractivity contribution in [3.63, 3.8) is 0 Å². The van der Waals surface area contributed by atoms with Crippen molar-refractivity contribution in [2.45, 2.75) is 30.8 Å². The Kier molecular flexibility index (Phi) is 7.85. The molecule has 2 amide bonds. The molecule has 4 atom stereocenters. The maximum atomic E-state index is 13.7. The number of aliphatic hydroxyl groups is 2. The number of halogens is 2. The van der Waals surface area contributed by atoms with Gasteiger partial charge in [-0.15, -0.1) is 0 Å². The number of nitrogens with one attached hydrogen (secondary N) is 2. The number of pyridine rings is 1. The summed E-state index contributed by atoms with van der Waals surface area (Å²) < 4.78 is 32.4. The Bertz CT molecular complexity index is 874. The van der Waals surface area contributed by atoms with Crippen LogP contribution in [0.25, 0.3) is 0 Å². The fourth-order valence-corrected chi connectivity index (χ4v) is 3.63. The lowest BCUT2D eigenvalue weighted by Gasteiger charge is -2.30. The van der Waals surface area contributed by atoms with Crippen molar-refractivity contribution in [3.05, 3.63) is 59.9 Å². The summed E-state index contributed by atoms with van der Waals surface area (Å²) in [5.41, 5.74) is 0.736. The SMILES string of the molecule is CN(CCc1ccccn1)C1C(CNC(=O)Nc2ccc(F)cc2F)OC(CO)C1O. The molecule has 0 saturated carbocycles. The standard InChI is InChI=1S/C21H26F2N4O4/c1-27(9-7-14-4-2-3-8-24-14)19-17(31-18(12-28)20(19)29)11-25-21(30)26-16-6-5-13(22)10-15(16)23/h2-6,8,10,17-20,28-29H,7,9,11-12H2,1H3,(H2,25,26,30). The Labute approximate surface area is 178 Å². The third kappa shape index (κ3) is 5.95. The number of ether oxygens (including phenoxy) is 1. The van der Waals surface area contributed by atoms with Crippen molar-refractivity contribution < 1.29 is 28.5 Å². The van der Waals surface area contributed by atoms with Crippen molar-refractivity contribution in [3.8, 4) is 0 Å². The van der Waals surface area contributed by atoms with Crippen molar-refractivity contribution in [1.82, 2.24) is 15.2 Å². The summed E-state index contributed by atoms with van der Waals surface area (Å²) in [5, 5.41) is 25.0. The number of benzene rings is 1. The van der Waals surface area contributed by atoms with Crippen LogP contribution < -0.4 is 10.6 Å². The first kappa shape index (κ1) is 23.0. The van der Waals surface area contributed by atoms with Crippen molar-refractivity contribution in [1.29, 1.82) is 0 Å². The second-order valence-corrected chi connectivity index (χ2v) is 7.39. The molecule has 8 nitrogen and oxygen atoms in total. The van der Waals surface area contributed by atoms with Crippen LogP contribution in [0, 0.1) is 11.6 Å². The Morgan fingerprint density at radius 3 is 2.74 bits per heavy atom. The maximum Gasteiger partial charge on any atom is 0.319 e. The Balaban J connectivity index is 1.58. The largest absolute Gasteiger partial charge is 0.394 e. The third-order valence-corrected chi connectivity index (χ3v) is 5.24. The molecular formula is C21H26F2N4O4. The molecule has 168 valence electrons. The van der Waals surface area contributed by atoms with E-state index in [1.807, 2.05) is 30.1 Å². The topological polar surface area (TPSA) is 107 Å². The van der Waals surface area contributed by atoms with Gasteiger partial charge in [-0.2, -0.15) is 0 Å². The van der Waals surface area contributed by atoms with Gasteiger partial charge in [-0.25, -0.2) is 13.6 Å². The minimum Gasteiger partial charge on any atom is -0.394 e. The maximum absolute atomic E-state index is 13.7. The number of nitrogens with zero attached hydrogens (tertiary/aromatic N) is 2. The predicted octanol–water partition coefficient (Wildman–Crippen LogP) is 1.14. The highest BCUT2D eigenvalue weighted by Crippen LogP contribution is 2.25. The molecule has 1 aromatic carbocycles. The van der Waals surface area contributed by atoms with Gasteiger partial charge in [0.25, 0.3) is 0 Å². The third-order valence-electron chi connectivity index (χ3n) is 5.24. The van der Waals surface area contributed by atoms with Crippen LogP contribution in [-0.2, 0) is 11.2 Å². The van der Waals surface area contributed by atoms with Gasteiger partial charge >= 0.3 is 6.03 Å². The summed E-state index contributed by atoms with van der Waals surface area (Å²) in [5.74, 6) is -1.64. The van der Waals surface area contributed by atoms with Gasteiger partial charge in [-0.05, 0) is 31.3 Å². The van der Waals surface area contributed by atoms with Gasteiger partial charge in [0.2, 0.25) is 0 Å². The molecule has 1 aliphatic heterocycles. The number of carbonyl (C=O) groups excluding carboxylic acids is 1. The molecule has 10 heteroatoms. The molecule has 3 rings (SSSR count). The van der Waals surface area contributed by atoms with Crippen LogP contribution in [0.4, 0.5) is 19.3 Å². The first-order chi connectivity index (χ1) is 14.9. The Morgan fingerprint density at radius 1 is 1.26 bits per heavy atom. The van der Waals surface area contributed by atoms with E-state index in [0.717, 1.165) is 17.8 Å². The second-order valence-electron chi connectivity index (χ2n) is 7.39. The summed E-state index contributed by atoms with van der Waals surface area (Å²) in [6.45, 7) is 0.222. The molecule has 0 radical (unpaired) electrons. The monoisotopic (exact) mass is 436 g/mol. The number of amides is 2. The van der Waals surface area contributed by atoms with E-state index in [2.05, 4.69) is 15.6 Å². The van der Waals surface area contributed by atoms with Gasteiger partial charge in [0.15, 0.2) is 0 Å². The number of aromatic nitrogens is 1. The average Bonchev–Trinajstić information content (AvgIpc) is 3.08. The van der Waals surface area contributed by atoms with Gasteiger partial charge in [-0.3, -0.25) is 9.88 Å².